The molecule has 1 saturated carbocycles. The molecule has 0 unspecified atom stereocenters. The van der Waals surface area contributed by atoms with E-state index in [9.17, 15) is 4.79 Å². The fraction of sp³-hybridized carbons (Fsp3) is 0.882. The van der Waals surface area contributed by atoms with Gasteiger partial charge in [0.1, 0.15) is 5.60 Å². The van der Waals surface area contributed by atoms with Crippen LogP contribution in [0, 0.1) is 0 Å². The first-order valence-electron chi connectivity index (χ1n) is 8.88. The number of methoxy groups -OCH3 is 1. The summed E-state index contributed by atoms with van der Waals surface area (Å²) >= 11 is 0. The number of rotatable bonds is 9. The summed E-state index contributed by atoms with van der Waals surface area (Å²) in [5.74, 6) is 0.772. The lowest BCUT2D eigenvalue weighted by Gasteiger charge is -2.27. The molecule has 0 aliphatic heterocycles. The monoisotopic (exact) mass is 470 g/mol. The maximum absolute atomic E-state index is 12.3. The van der Waals surface area contributed by atoms with Crippen molar-refractivity contribution in [2.75, 3.05) is 39.9 Å². The second-order valence-corrected chi connectivity index (χ2v) is 6.94. The van der Waals surface area contributed by atoms with Crippen molar-refractivity contribution in [1.29, 1.82) is 0 Å². The Kier molecular flexibility index (Phi) is 12.2. The van der Waals surface area contributed by atoms with E-state index < -0.39 is 5.60 Å². The zero-order valence-electron chi connectivity index (χ0n) is 16.3. The molecule has 1 amide bonds. The van der Waals surface area contributed by atoms with E-state index in [1.54, 1.807) is 7.11 Å². The molecule has 0 aromatic carbocycles. The minimum atomic E-state index is -0.463. The van der Waals surface area contributed by atoms with Gasteiger partial charge in [-0.15, -0.1) is 24.0 Å². The van der Waals surface area contributed by atoms with Crippen LogP contribution in [0.3, 0.4) is 0 Å². The summed E-state index contributed by atoms with van der Waals surface area (Å²) in [7, 11) is 1.69. The van der Waals surface area contributed by atoms with Crippen molar-refractivity contribution in [3.05, 3.63) is 0 Å². The number of hydrogen-bond acceptors (Lipinski definition) is 4. The Bertz CT molecular complexity index is 409. The Morgan fingerprint density at radius 2 is 1.96 bits per heavy atom. The van der Waals surface area contributed by atoms with Gasteiger partial charge in [-0.1, -0.05) is 0 Å². The third-order valence-electron chi connectivity index (χ3n) is 3.38. The molecule has 25 heavy (non-hydrogen) atoms. The van der Waals surface area contributed by atoms with Gasteiger partial charge in [-0.05, 0) is 47.0 Å². The summed E-state index contributed by atoms with van der Waals surface area (Å²) in [4.78, 5) is 18.6. The Balaban J connectivity index is 0.00000576. The van der Waals surface area contributed by atoms with Gasteiger partial charge in [0.25, 0.3) is 0 Å². The summed E-state index contributed by atoms with van der Waals surface area (Å²) < 4.78 is 10.5. The topological polar surface area (TPSA) is 75.2 Å². The maximum Gasteiger partial charge on any atom is 0.410 e. The highest BCUT2D eigenvalue weighted by atomic mass is 127. The fourth-order valence-corrected chi connectivity index (χ4v) is 2.17. The maximum atomic E-state index is 12.3. The molecule has 1 aliphatic rings. The molecule has 0 atom stereocenters. The molecule has 0 spiro atoms. The normalized spacial score (nSPS) is 14.5. The van der Waals surface area contributed by atoms with Gasteiger partial charge in [-0.3, -0.25) is 4.99 Å². The number of ether oxygens (including phenoxy) is 2. The van der Waals surface area contributed by atoms with Crippen LogP contribution in [0.1, 0.15) is 47.0 Å². The van der Waals surface area contributed by atoms with Crippen LogP contribution >= 0.6 is 24.0 Å². The minimum Gasteiger partial charge on any atom is -0.444 e. The number of carbonyl (C=O) groups is 1. The van der Waals surface area contributed by atoms with Crippen molar-refractivity contribution < 1.29 is 14.3 Å². The second kappa shape index (κ2) is 12.6. The van der Waals surface area contributed by atoms with E-state index in [4.69, 9.17) is 9.47 Å². The number of nitrogens with zero attached hydrogens (tertiary/aromatic N) is 2. The molecule has 7 nitrogen and oxygen atoms in total. The summed E-state index contributed by atoms with van der Waals surface area (Å²) in [5.41, 5.74) is -0.463. The zero-order valence-corrected chi connectivity index (χ0v) is 18.6. The van der Waals surface area contributed by atoms with Crippen LogP contribution in [-0.4, -0.2) is 68.5 Å². The lowest BCUT2D eigenvalue weighted by Crippen LogP contribution is -2.45. The van der Waals surface area contributed by atoms with Crippen molar-refractivity contribution in [1.82, 2.24) is 15.5 Å². The van der Waals surface area contributed by atoms with E-state index in [0.717, 1.165) is 31.8 Å². The molecule has 1 fully saturated rings. The molecule has 0 heterocycles. The first-order chi connectivity index (χ1) is 11.4. The lowest BCUT2D eigenvalue weighted by atomic mass is 10.2. The van der Waals surface area contributed by atoms with Gasteiger partial charge in [0.2, 0.25) is 0 Å². The predicted octanol–water partition coefficient (Wildman–Crippen LogP) is 2.60. The van der Waals surface area contributed by atoms with Crippen LogP contribution in [0.25, 0.3) is 0 Å². The molecule has 0 radical (unpaired) electrons. The number of hydrogen-bond donors (Lipinski definition) is 2. The van der Waals surface area contributed by atoms with Crippen LogP contribution in [0.2, 0.25) is 0 Å². The highest BCUT2D eigenvalue weighted by molar-refractivity contribution is 14.0. The number of carbonyl (C=O) groups excluding carboxylic acids is 1. The number of halogens is 1. The number of nitrogens with one attached hydrogen (secondary N) is 2. The van der Waals surface area contributed by atoms with Gasteiger partial charge < -0.3 is 25.0 Å². The Morgan fingerprint density at radius 3 is 2.48 bits per heavy atom. The van der Waals surface area contributed by atoms with Crippen LogP contribution < -0.4 is 10.6 Å². The van der Waals surface area contributed by atoms with Crippen molar-refractivity contribution in [2.45, 2.75) is 58.6 Å². The molecule has 148 valence electrons. The van der Waals surface area contributed by atoms with Gasteiger partial charge in [0, 0.05) is 45.9 Å². The lowest BCUT2D eigenvalue weighted by molar-refractivity contribution is 0.0238. The average molecular weight is 470 g/mol. The quantitative estimate of drug-likeness (QED) is 0.235. The summed E-state index contributed by atoms with van der Waals surface area (Å²) in [5, 5.41) is 6.49. The van der Waals surface area contributed by atoms with E-state index in [2.05, 4.69) is 15.6 Å². The molecule has 8 heteroatoms. The summed E-state index contributed by atoms with van der Waals surface area (Å²) in [6.07, 6.45) is 2.78. The van der Waals surface area contributed by atoms with E-state index in [1.807, 2.05) is 32.6 Å². The van der Waals surface area contributed by atoms with Crippen LogP contribution in [0.15, 0.2) is 4.99 Å². The van der Waals surface area contributed by atoms with Crippen LogP contribution in [0.5, 0.6) is 0 Å². The third-order valence-corrected chi connectivity index (χ3v) is 3.38. The van der Waals surface area contributed by atoms with Gasteiger partial charge in [-0.25, -0.2) is 4.79 Å². The number of amides is 1. The Labute approximate surface area is 169 Å². The average Bonchev–Trinajstić information content (AvgIpc) is 3.30. The SMILES string of the molecule is CCNC(=NCCCOC)NCCN(C(=O)OC(C)(C)C)C1CC1.I. The molecule has 0 aromatic heterocycles. The molecular weight excluding hydrogens is 435 g/mol. The van der Waals surface area contributed by atoms with E-state index in [0.29, 0.717) is 32.3 Å². The Hall–Kier alpha value is -0.770. The fourth-order valence-electron chi connectivity index (χ4n) is 2.17. The van der Waals surface area contributed by atoms with E-state index in [-0.39, 0.29) is 30.1 Å². The van der Waals surface area contributed by atoms with E-state index in [1.165, 1.54) is 0 Å². The standard InChI is InChI=1S/C17H34N4O3.HI/c1-6-18-15(19-10-7-13-23-5)20-11-12-21(14-8-9-14)16(22)24-17(2,3)4;/h14H,6-13H2,1-5H3,(H2,18,19,20);1H. The van der Waals surface area contributed by atoms with Gasteiger partial charge in [0.05, 0.1) is 0 Å². The first-order valence-corrected chi connectivity index (χ1v) is 8.88. The molecule has 2 N–H and O–H groups in total. The highest BCUT2D eigenvalue weighted by Gasteiger charge is 2.34. The smallest absolute Gasteiger partial charge is 0.410 e. The third kappa shape index (κ3) is 11.5. The molecule has 1 aliphatic carbocycles. The highest BCUT2D eigenvalue weighted by Crippen LogP contribution is 2.27. The predicted molar refractivity (Wildman–Crippen MR) is 112 cm³/mol. The summed E-state index contributed by atoms with van der Waals surface area (Å²) in [6, 6.07) is 0.322. The number of aliphatic imine (C=N–C) groups is 1. The van der Waals surface area contributed by atoms with Gasteiger partial charge in [-0.2, -0.15) is 0 Å². The van der Waals surface area contributed by atoms with Crippen LogP contribution in [-0.2, 0) is 9.47 Å². The van der Waals surface area contributed by atoms with E-state index >= 15 is 0 Å². The summed E-state index contributed by atoms with van der Waals surface area (Å²) in [6.45, 7) is 11.2. The first kappa shape index (κ1) is 24.2. The molecule has 0 aromatic rings. The van der Waals surface area contributed by atoms with Crippen molar-refractivity contribution in [3.8, 4) is 0 Å². The largest absolute Gasteiger partial charge is 0.444 e. The van der Waals surface area contributed by atoms with Crippen molar-refractivity contribution in [2.24, 2.45) is 4.99 Å². The number of guanidine groups is 1. The molecule has 0 saturated heterocycles. The second-order valence-electron chi connectivity index (χ2n) is 6.94. The zero-order chi connectivity index (χ0) is 18.0. The van der Waals surface area contributed by atoms with Crippen molar-refractivity contribution >= 4 is 36.0 Å². The minimum absolute atomic E-state index is 0. The molecular formula is C17H35IN4O3. The molecule has 0 bridgehead atoms. The van der Waals surface area contributed by atoms with Crippen LogP contribution in [0.4, 0.5) is 4.79 Å². The van der Waals surface area contributed by atoms with Gasteiger partial charge in [0.15, 0.2) is 5.96 Å². The Morgan fingerprint density at radius 1 is 1.28 bits per heavy atom. The van der Waals surface area contributed by atoms with Crippen molar-refractivity contribution in [3.63, 3.8) is 0 Å². The molecule has 1 rings (SSSR count). The van der Waals surface area contributed by atoms with Gasteiger partial charge >= 0.3 is 6.09 Å².